The third-order valence-electron chi connectivity index (χ3n) is 5.01. The summed E-state index contributed by atoms with van der Waals surface area (Å²) < 4.78 is 0. The van der Waals surface area contributed by atoms with Crippen LogP contribution in [-0.2, 0) is 14.4 Å². The lowest BCUT2D eigenvalue weighted by molar-refractivity contribution is -0.139. The number of nitrogens with zero attached hydrogens (tertiary/aromatic N) is 2. The maximum absolute atomic E-state index is 12.5. The Morgan fingerprint density at radius 3 is 2.36 bits per heavy atom. The van der Waals surface area contributed by atoms with Crippen molar-refractivity contribution >= 4 is 35.0 Å². The molecule has 0 bridgehead atoms. The summed E-state index contributed by atoms with van der Waals surface area (Å²) in [7, 11) is 0. The number of rotatable bonds is 3. The van der Waals surface area contributed by atoms with Crippen LogP contribution in [0.15, 0.2) is 18.2 Å². The van der Waals surface area contributed by atoms with Gasteiger partial charge in [0.2, 0.25) is 17.7 Å². The second kappa shape index (κ2) is 7.04. The molecule has 1 aliphatic carbocycles. The van der Waals surface area contributed by atoms with E-state index in [1.807, 2.05) is 6.92 Å². The van der Waals surface area contributed by atoms with Gasteiger partial charge in [0, 0.05) is 43.8 Å². The SMILES string of the molecule is CC(=O)N1CCN(C(=O)C2CC2C(=O)Nc2cccc(Cl)c2C)CC1. The molecular weight excluding hydrogens is 342 g/mol. The quantitative estimate of drug-likeness (QED) is 0.891. The highest BCUT2D eigenvalue weighted by Crippen LogP contribution is 2.41. The number of hydrogen-bond donors (Lipinski definition) is 1. The molecule has 25 heavy (non-hydrogen) atoms. The summed E-state index contributed by atoms with van der Waals surface area (Å²) in [6, 6.07) is 5.37. The predicted octanol–water partition coefficient (Wildman–Crippen LogP) is 1.91. The Labute approximate surface area is 152 Å². The van der Waals surface area contributed by atoms with Gasteiger partial charge in [-0.25, -0.2) is 0 Å². The lowest BCUT2D eigenvalue weighted by Gasteiger charge is -2.34. The number of amides is 3. The molecule has 1 saturated carbocycles. The lowest BCUT2D eigenvalue weighted by Crippen LogP contribution is -2.50. The number of benzene rings is 1. The Morgan fingerprint density at radius 1 is 1.08 bits per heavy atom. The second-order valence-corrected chi connectivity index (χ2v) is 7.09. The first kappa shape index (κ1) is 17.7. The molecule has 6 nitrogen and oxygen atoms in total. The van der Waals surface area contributed by atoms with Crippen LogP contribution < -0.4 is 5.32 Å². The van der Waals surface area contributed by atoms with Crippen LogP contribution in [0.2, 0.25) is 5.02 Å². The average molecular weight is 364 g/mol. The van der Waals surface area contributed by atoms with Gasteiger partial charge in [-0.3, -0.25) is 14.4 Å². The maximum Gasteiger partial charge on any atom is 0.228 e. The molecular formula is C18H22ClN3O3. The summed E-state index contributed by atoms with van der Waals surface area (Å²) in [6.45, 7) is 5.59. The molecule has 7 heteroatoms. The van der Waals surface area contributed by atoms with E-state index in [-0.39, 0.29) is 29.6 Å². The molecule has 134 valence electrons. The van der Waals surface area contributed by atoms with Crippen molar-refractivity contribution in [3.63, 3.8) is 0 Å². The van der Waals surface area contributed by atoms with Gasteiger partial charge in [0.25, 0.3) is 0 Å². The maximum atomic E-state index is 12.5. The Kier molecular flexibility index (Phi) is 4.99. The van der Waals surface area contributed by atoms with Crippen LogP contribution >= 0.6 is 11.6 Å². The Bertz CT molecular complexity index is 714. The van der Waals surface area contributed by atoms with Crippen molar-refractivity contribution in [2.75, 3.05) is 31.5 Å². The summed E-state index contributed by atoms with van der Waals surface area (Å²) in [5, 5.41) is 3.48. The van der Waals surface area contributed by atoms with E-state index in [0.29, 0.717) is 43.3 Å². The van der Waals surface area contributed by atoms with E-state index in [1.165, 1.54) is 6.92 Å². The molecule has 1 N–H and O–H groups in total. The molecule has 1 aromatic carbocycles. The first-order valence-electron chi connectivity index (χ1n) is 8.48. The first-order valence-corrected chi connectivity index (χ1v) is 8.86. The molecule has 1 saturated heterocycles. The van der Waals surface area contributed by atoms with E-state index in [2.05, 4.69) is 5.32 Å². The minimum atomic E-state index is -0.281. The number of piperazine rings is 1. The molecule has 0 radical (unpaired) electrons. The van der Waals surface area contributed by atoms with Crippen LogP contribution in [0.4, 0.5) is 5.69 Å². The topological polar surface area (TPSA) is 69.7 Å². The molecule has 2 unspecified atom stereocenters. The number of carbonyl (C=O) groups excluding carboxylic acids is 3. The van der Waals surface area contributed by atoms with Crippen molar-refractivity contribution in [3.8, 4) is 0 Å². The first-order chi connectivity index (χ1) is 11.9. The zero-order valence-electron chi connectivity index (χ0n) is 14.4. The van der Waals surface area contributed by atoms with Gasteiger partial charge in [0.15, 0.2) is 0 Å². The van der Waals surface area contributed by atoms with Crippen LogP contribution in [0.3, 0.4) is 0 Å². The van der Waals surface area contributed by atoms with Gasteiger partial charge in [-0.15, -0.1) is 0 Å². The van der Waals surface area contributed by atoms with Gasteiger partial charge >= 0.3 is 0 Å². The number of halogens is 1. The van der Waals surface area contributed by atoms with Gasteiger partial charge in [-0.2, -0.15) is 0 Å². The van der Waals surface area contributed by atoms with Gasteiger partial charge < -0.3 is 15.1 Å². The van der Waals surface area contributed by atoms with Crippen molar-refractivity contribution in [2.24, 2.45) is 11.8 Å². The van der Waals surface area contributed by atoms with Gasteiger partial charge in [0.05, 0.1) is 11.8 Å². The van der Waals surface area contributed by atoms with Crippen molar-refractivity contribution in [1.29, 1.82) is 0 Å². The third kappa shape index (κ3) is 3.79. The van der Waals surface area contributed by atoms with Crippen LogP contribution in [0.1, 0.15) is 18.9 Å². The fourth-order valence-electron chi connectivity index (χ4n) is 3.20. The third-order valence-corrected chi connectivity index (χ3v) is 5.42. The van der Waals surface area contributed by atoms with Crippen LogP contribution in [-0.4, -0.2) is 53.7 Å². The van der Waals surface area contributed by atoms with Crippen molar-refractivity contribution in [1.82, 2.24) is 9.80 Å². The minimum Gasteiger partial charge on any atom is -0.339 e. The average Bonchev–Trinajstić information content (AvgIpc) is 3.39. The zero-order valence-corrected chi connectivity index (χ0v) is 15.2. The molecule has 1 aliphatic heterocycles. The molecule has 3 rings (SSSR count). The summed E-state index contributed by atoms with van der Waals surface area (Å²) in [5.74, 6) is -0.606. The summed E-state index contributed by atoms with van der Waals surface area (Å²) >= 11 is 6.07. The van der Waals surface area contributed by atoms with Gasteiger partial charge in [0.1, 0.15) is 0 Å². The Hall–Kier alpha value is -2.08. The number of anilines is 1. The largest absolute Gasteiger partial charge is 0.339 e. The van der Waals surface area contributed by atoms with E-state index in [9.17, 15) is 14.4 Å². The van der Waals surface area contributed by atoms with Crippen LogP contribution in [0.5, 0.6) is 0 Å². The highest BCUT2D eigenvalue weighted by Gasteiger charge is 2.49. The monoisotopic (exact) mass is 363 g/mol. The number of hydrogen-bond acceptors (Lipinski definition) is 3. The molecule has 0 spiro atoms. The van der Waals surface area contributed by atoms with Crippen LogP contribution in [0.25, 0.3) is 0 Å². The summed E-state index contributed by atoms with van der Waals surface area (Å²) in [4.78, 5) is 39.8. The summed E-state index contributed by atoms with van der Waals surface area (Å²) in [6.07, 6.45) is 0.581. The van der Waals surface area contributed by atoms with Crippen molar-refractivity contribution < 1.29 is 14.4 Å². The van der Waals surface area contributed by atoms with E-state index in [4.69, 9.17) is 11.6 Å². The smallest absolute Gasteiger partial charge is 0.228 e. The van der Waals surface area contributed by atoms with E-state index in [0.717, 1.165) is 5.56 Å². The van der Waals surface area contributed by atoms with E-state index in [1.54, 1.807) is 28.0 Å². The fourth-order valence-corrected chi connectivity index (χ4v) is 3.38. The standard InChI is InChI=1S/C18H22ClN3O3/c1-11-15(19)4-3-5-16(11)20-17(24)13-10-14(13)18(25)22-8-6-21(7-9-22)12(2)23/h3-5,13-14H,6-10H2,1-2H3,(H,20,24). The fraction of sp³-hybridized carbons (Fsp3) is 0.500. The molecule has 2 fully saturated rings. The molecule has 1 aromatic rings. The zero-order chi connectivity index (χ0) is 18.1. The van der Waals surface area contributed by atoms with Crippen molar-refractivity contribution in [2.45, 2.75) is 20.3 Å². The molecule has 1 heterocycles. The normalized spacial score (nSPS) is 22.5. The highest BCUT2D eigenvalue weighted by molar-refractivity contribution is 6.31. The van der Waals surface area contributed by atoms with Crippen molar-refractivity contribution in [3.05, 3.63) is 28.8 Å². The van der Waals surface area contributed by atoms with Gasteiger partial charge in [-0.1, -0.05) is 17.7 Å². The lowest BCUT2D eigenvalue weighted by atomic mass is 10.2. The Morgan fingerprint density at radius 2 is 1.72 bits per heavy atom. The summed E-state index contributed by atoms with van der Waals surface area (Å²) in [5.41, 5.74) is 1.51. The van der Waals surface area contributed by atoms with Crippen LogP contribution in [0, 0.1) is 18.8 Å². The van der Waals surface area contributed by atoms with E-state index < -0.39 is 0 Å². The molecule has 3 amide bonds. The second-order valence-electron chi connectivity index (χ2n) is 6.68. The number of carbonyl (C=O) groups is 3. The minimum absolute atomic E-state index is 0.0196. The van der Waals surface area contributed by atoms with E-state index >= 15 is 0 Å². The Balaban J connectivity index is 1.54. The predicted molar refractivity (Wildman–Crippen MR) is 95.2 cm³/mol. The van der Waals surface area contributed by atoms with Gasteiger partial charge in [-0.05, 0) is 31.0 Å². The molecule has 2 aliphatic rings. The molecule has 0 aromatic heterocycles. The molecule has 2 atom stereocenters. The highest BCUT2D eigenvalue weighted by atomic mass is 35.5. The number of nitrogens with one attached hydrogen (secondary N) is 1.